The predicted molar refractivity (Wildman–Crippen MR) is 110 cm³/mol. The Labute approximate surface area is 158 Å². The average Bonchev–Trinajstić information content (AvgIpc) is 3.13. The zero-order chi connectivity index (χ0) is 18.6. The van der Waals surface area contributed by atoms with Crippen LogP contribution in [0.15, 0.2) is 97.1 Å². The fourth-order valence-corrected chi connectivity index (χ4v) is 3.18. The average molecular weight is 352 g/mol. The lowest BCUT2D eigenvalue weighted by Crippen LogP contribution is -2.24. The fourth-order valence-electron chi connectivity index (χ4n) is 3.18. The number of carbonyl (C=O) groups excluding carboxylic acids is 1. The van der Waals surface area contributed by atoms with E-state index in [2.05, 4.69) is 5.43 Å². The lowest BCUT2D eigenvalue weighted by Gasteiger charge is -2.15. The van der Waals surface area contributed by atoms with E-state index in [1.165, 1.54) is 0 Å². The van der Waals surface area contributed by atoms with Gasteiger partial charge in [0.15, 0.2) is 0 Å². The van der Waals surface area contributed by atoms with Gasteiger partial charge in [0.1, 0.15) is 0 Å². The maximum absolute atomic E-state index is 12.9. The number of carbonyl (C=O) groups is 1. The van der Waals surface area contributed by atoms with E-state index < -0.39 is 0 Å². The number of hydrogen-bond acceptors (Lipinski definition) is 1. The summed E-state index contributed by atoms with van der Waals surface area (Å²) in [6, 6.07) is 31.8. The monoisotopic (exact) mass is 352 g/mol. The van der Waals surface area contributed by atoms with Crippen LogP contribution in [-0.2, 0) is 0 Å². The second kappa shape index (κ2) is 7.34. The van der Waals surface area contributed by atoms with Crippen LogP contribution >= 0.6 is 0 Å². The molecule has 4 rings (SSSR count). The minimum Gasteiger partial charge on any atom is -0.267 e. The summed E-state index contributed by atoms with van der Waals surface area (Å²) in [5.74, 6) is -0.135. The quantitative estimate of drug-likeness (QED) is 0.516. The van der Waals surface area contributed by atoms with Crippen LogP contribution in [0, 0.1) is 6.92 Å². The van der Waals surface area contributed by atoms with Crippen molar-refractivity contribution in [2.45, 2.75) is 6.92 Å². The van der Waals surface area contributed by atoms with Gasteiger partial charge in [-0.25, -0.2) is 0 Å². The molecule has 0 aliphatic rings. The number of aryl methyl sites for hydroxylation is 1. The van der Waals surface area contributed by atoms with Gasteiger partial charge in [-0.15, -0.1) is 0 Å². The van der Waals surface area contributed by atoms with Gasteiger partial charge in [0, 0.05) is 16.7 Å². The summed E-state index contributed by atoms with van der Waals surface area (Å²) >= 11 is 0. The molecule has 0 unspecified atom stereocenters. The summed E-state index contributed by atoms with van der Waals surface area (Å²) < 4.78 is 1.87. The lowest BCUT2D eigenvalue weighted by molar-refractivity contribution is 0.101. The molecule has 0 aliphatic heterocycles. The Morgan fingerprint density at radius 1 is 0.704 bits per heavy atom. The van der Waals surface area contributed by atoms with E-state index in [4.69, 9.17) is 0 Å². The van der Waals surface area contributed by atoms with Gasteiger partial charge >= 0.3 is 0 Å². The molecular formula is C24H20N2O. The maximum Gasteiger partial charge on any atom is 0.270 e. The van der Waals surface area contributed by atoms with Gasteiger partial charge in [0.2, 0.25) is 0 Å². The third-order valence-electron chi connectivity index (χ3n) is 4.51. The molecule has 0 radical (unpaired) electrons. The molecule has 3 aromatic carbocycles. The molecule has 0 saturated heterocycles. The van der Waals surface area contributed by atoms with E-state index >= 15 is 0 Å². The Balaban J connectivity index is 1.79. The van der Waals surface area contributed by atoms with Gasteiger partial charge in [0.25, 0.3) is 5.91 Å². The van der Waals surface area contributed by atoms with E-state index in [1.54, 1.807) is 0 Å². The first-order valence-corrected chi connectivity index (χ1v) is 8.93. The minimum absolute atomic E-state index is 0.135. The highest BCUT2D eigenvalue weighted by atomic mass is 16.2. The molecule has 0 fully saturated rings. The fraction of sp³-hybridized carbons (Fsp3) is 0.0417. The SMILES string of the molecule is Cc1cccc(C(=O)Nn2c(-c3ccccc3)ccc2-c2ccccc2)c1. The summed E-state index contributed by atoms with van der Waals surface area (Å²) in [5.41, 5.74) is 8.75. The highest BCUT2D eigenvalue weighted by Gasteiger charge is 2.15. The van der Waals surface area contributed by atoms with Crippen molar-refractivity contribution < 1.29 is 4.79 Å². The summed E-state index contributed by atoms with van der Waals surface area (Å²) in [4.78, 5) is 12.9. The standard InChI is InChI=1S/C24H20N2O/c1-18-9-8-14-21(17-18)24(27)25-26-22(19-10-4-2-5-11-19)15-16-23(26)20-12-6-3-7-13-20/h2-17H,1H3,(H,25,27). The van der Waals surface area contributed by atoms with Crippen LogP contribution < -0.4 is 5.43 Å². The second-order valence-electron chi connectivity index (χ2n) is 6.48. The van der Waals surface area contributed by atoms with Crippen molar-refractivity contribution in [1.29, 1.82) is 0 Å². The number of aromatic nitrogens is 1. The van der Waals surface area contributed by atoms with Gasteiger partial charge in [-0.3, -0.25) is 14.9 Å². The van der Waals surface area contributed by atoms with Crippen LogP contribution in [0.25, 0.3) is 22.5 Å². The number of benzene rings is 3. The Hall–Kier alpha value is -3.59. The summed E-state index contributed by atoms with van der Waals surface area (Å²) in [5, 5.41) is 0. The molecule has 0 bridgehead atoms. The topological polar surface area (TPSA) is 34.0 Å². The van der Waals surface area contributed by atoms with E-state index in [1.807, 2.05) is 109 Å². The third-order valence-corrected chi connectivity index (χ3v) is 4.51. The number of hydrogen-bond donors (Lipinski definition) is 1. The van der Waals surface area contributed by atoms with Gasteiger partial charge in [-0.2, -0.15) is 0 Å². The molecule has 0 aliphatic carbocycles. The molecule has 132 valence electrons. The van der Waals surface area contributed by atoms with Crippen molar-refractivity contribution in [1.82, 2.24) is 4.68 Å². The molecule has 4 aromatic rings. The molecule has 1 amide bonds. The van der Waals surface area contributed by atoms with Crippen molar-refractivity contribution in [2.24, 2.45) is 0 Å². The largest absolute Gasteiger partial charge is 0.270 e. The normalized spacial score (nSPS) is 10.6. The maximum atomic E-state index is 12.9. The molecule has 27 heavy (non-hydrogen) atoms. The molecule has 0 spiro atoms. The molecule has 0 atom stereocenters. The van der Waals surface area contributed by atoms with E-state index in [9.17, 15) is 4.79 Å². The smallest absolute Gasteiger partial charge is 0.267 e. The van der Waals surface area contributed by atoms with Crippen molar-refractivity contribution in [3.05, 3.63) is 108 Å². The minimum atomic E-state index is -0.135. The van der Waals surface area contributed by atoms with Crippen LogP contribution in [0.1, 0.15) is 15.9 Å². The zero-order valence-corrected chi connectivity index (χ0v) is 15.1. The van der Waals surface area contributed by atoms with E-state index in [0.29, 0.717) is 5.56 Å². The van der Waals surface area contributed by atoms with Gasteiger partial charge in [-0.05, 0) is 31.2 Å². The summed E-state index contributed by atoms with van der Waals surface area (Å²) in [6.07, 6.45) is 0. The predicted octanol–water partition coefficient (Wildman–Crippen LogP) is 5.51. The van der Waals surface area contributed by atoms with E-state index in [-0.39, 0.29) is 5.91 Å². The van der Waals surface area contributed by atoms with Crippen LogP contribution in [0.5, 0.6) is 0 Å². The second-order valence-corrected chi connectivity index (χ2v) is 6.48. The molecule has 1 heterocycles. The Kier molecular flexibility index (Phi) is 4.58. The third kappa shape index (κ3) is 3.53. The van der Waals surface area contributed by atoms with Crippen molar-refractivity contribution in [3.63, 3.8) is 0 Å². The Morgan fingerprint density at radius 2 is 1.26 bits per heavy atom. The number of nitrogens with one attached hydrogen (secondary N) is 1. The highest BCUT2D eigenvalue weighted by Crippen LogP contribution is 2.28. The van der Waals surface area contributed by atoms with Crippen LogP contribution in [0.2, 0.25) is 0 Å². The number of rotatable bonds is 4. The first-order chi connectivity index (χ1) is 13.2. The van der Waals surface area contributed by atoms with E-state index in [0.717, 1.165) is 28.1 Å². The molecule has 0 saturated carbocycles. The van der Waals surface area contributed by atoms with Gasteiger partial charge < -0.3 is 0 Å². The van der Waals surface area contributed by atoms with Gasteiger partial charge in [0.05, 0.1) is 11.4 Å². The number of nitrogens with zero attached hydrogens (tertiary/aromatic N) is 1. The Bertz CT molecular complexity index is 1010. The summed E-state index contributed by atoms with van der Waals surface area (Å²) in [7, 11) is 0. The highest BCUT2D eigenvalue weighted by molar-refractivity contribution is 6.00. The lowest BCUT2D eigenvalue weighted by atomic mass is 10.1. The Morgan fingerprint density at radius 3 is 1.78 bits per heavy atom. The van der Waals surface area contributed by atoms with Gasteiger partial charge in [-0.1, -0.05) is 78.4 Å². The molecular weight excluding hydrogens is 332 g/mol. The molecule has 3 heteroatoms. The van der Waals surface area contributed by atoms with Crippen molar-refractivity contribution >= 4 is 5.91 Å². The van der Waals surface area contributed by atoms with Crippen LogP contribution in [0.4, 0.5) is 0 Å². The number of amides is 1. The molecule has 3 nitrogen and oxygen atoms in total. The summed E-state index contributed by atoms with van der Waals surface area (Å²) in [6.45, 7) is 1.98. The van der Waals surface area contributed by atoms with Crippen LogP contribution in [0.3, 0.4) is 0 Å². The first-order valence-electron chi connectivity index (χ1n) is 8.93. The van der Waals surface area contributed by atoms with Crippen molar-refractivity contribution in [3.8, 4) is 22.5 Å². The van der Waals surface area contributed by atoms with Crippen LogP contribution in [-0.4, -0.2) is 10.6 Å². The van der Waals surface area contributed by atoms with Crippen molar-refractivity contribution in [2.75, 3.05) is 5.43 Å². The molecule has 1 N–H and O–H groups in total. The zero-order valence-electron chi connectivity index (χ0n) is 15.1. The molecule has 1 aromatic heterocycles. The first kappa shape index (κ1) is 16.9.